The molecule has 1 fully saturated rings. The second-order valence-corrected chi connectivity index (χ2v) is 7.65. The van der Waals surface area contributed by atoms with Crippen molar-refractivity contribution in [2.24, 2.45) is 4.99 Å². The van der Waals surface area contributed by atoms with E-state index in [9.17, 15) is 4.79 Å². The smallest absolute Gasteiger partial charge is 0.296 e. The molecule has 1 spiro atoms. The molecule has 1 aromatic carbocycles. The number of ether oxygens (including phenoxy) is 2. The van der Waals surface area contributed by atoms with Gasteiger partial charge in [0.2, 0.25) is 0 Å². The Kier molecular flexibility index (Phi) is 5.82. The molecule has 5 heteroatoms. The van der Waals surface area contributed by atoms with E-state index >= 15 is 0 Å². The van der Waals surface area contributed by atoms with Gasteiger partial charge in [0, 0.05) is 13.1 Å². The van der Waals surface area contributed by atoms with Gasteiger partial charge in [0.1, 0.15) is 0 Å². The predicted molar refractivity (Wildman–Crippen MR) is 112 cm³/mol. The number of hydrogen-bond donors (Lipinski definition) is 0. The van der Waals surface area contributed by atoms with E-state index in [1.54, 1.807) is 6.08 Å². The highest BCUT2D eigenvalue weighted by Crippen LogP contribution is 2.44. The Labute approximate surface area is 172 Å². The molecule has 0 N–H and O–H groups in total. The van der Waals surface area contributed by atoms with Crippen LogP contribution in [0.2, 0.25) is 0 Å². The molecule has 150 valence electrons. The summed E-state index contributed by atoms with van der Waals surface area (Å²) in [7, 11) is 0. The fourth-order valence-electron chi connectivity index (χ4n) is 4.26. The second-order valence-electron chi connectivity index (χ2n) is 7.65. The summed E-state index contributed by atoms with van der Waals surface area (Å²) in [5.41, 5.74) is 2.40. The Morgan fingerprint density at radius 2 is 2.10 bits per heavy atom. The van der Waals surface area contributed by atoms with Gasteiger partial charge >= 0.3 is 0 Å². The third-order valence-corrected chi connectivity index (χ3v) is 5.86. The summed E-state index contributed by atoms with van der Waals surface area (Å²) in [4.78, 5) is 18.5. The van der Waals surface area contributed by atoms with Gasteiger partial charge < -0.3 is 14.4 Å². The normalized spacial score (nSPS) is 22.9. The minimum absolute atomic E-state index is 0.168. The molecule has 0 saturated carbocycles. The lowest BCUT2D eigenvalue weighted by molar-refractivity contribution is -0.123. The van der Waals surface area contributed by atoms with Gasteiger partial charge in [-0.3, -0.25) is 4.79 Å². The van der Waals surface area contributed by atoms with Gasteiger partial charge in [-0.05, 0) is 49.3 Å². The number of allylic oxidation sites excluding steroid dienone is 4. The number of fused-ring (bicyclic) bond motifs is 2. The van der Waals surface area contributed by atoms with E-state index in [0.29, 0.717) is 19.0 Å². The molecular weight excluding hydrogens is 364 g/mol. The third kappa shape index (κ3) is 4.13. The number of carbonyl (C=O) groups excluding carboxylic acids is 1. The van der Waals surface area contributed by atoms with Crippen LogP contribution in [0.25, 0.3) is 0 Å². The molecule has 1 atom stereocenters. The Morgan fingerprint density at radius 3 is 2.93 bits per heavy atom. The van der Waals surface area contributed by atoms with Crippen molar-refractivity contribution >= 4 is 11.9 Å². The van der Waals surface area contributed by atoms with Gasteiger partial charge in [-0.25, -0.2) is 0 Å². The van der Waals surface area contributed by atoms with E-state index in [-0.39, 0.29) is 11.5 Å². The van der Waals surface area contributed by atoms with E-state index in [4.69, 9.17) is 15.9 Å². The first-order valence-electron chi connectivity index (χ1n) is 10.3. The first-order valence-corrected chi connectivity index (χ1v) is 10.3. The first kappa shape index (κ1) is 19.5. The van der Waals surface area contributed by atoms with Crippen LogP contribution in [0.4, 0.5) is 0 Å². The van der Waals surface area contributed by atoms with Crippen LogP contribution in [0.3, 0.4) is 0 Å². The first-order chi connectivity index (χ1) is 14.2. The molecule has 5 nitrogen and oxygen atoms in total. The van der Waals surface area contributed by atoms with E-state index in [1.165, 1.54) is 11.1 Å². The average molecular weight is 390 g/mol. The van der Waals surface area contributed by atoms with Gasteiger partial charge in [0.05, 0.1) is 12.2 Å². The molecule has 3 aliphatic heterocycles. The standard InChI is InChI=1S/C24H26N2O3/c1-2-3-4-5-6-7-8-13-21-22(27)25-23(29-21)26-16-14-24(15-17-26)20-12-10-9-11-19(20)18-28-24/h1,3-6,9-12,21H,7-8,13-18H2/b4-3-,6-5-. The monoisotopic (exact) mass is 390 g/mol. The lowest BCUT2D eigenvalue weighted by Crippen LogP contribution is -2.45. The molecule has 1 amide bonds. The third-order valence-electron chi connectivity index (χ3n) is 5.86. The summed E-state index contributed by atoms with van der Waals surface area (Å²) >= 11 is 0. The maximum absolute atomic E-state index is 12.2. The highest BCUT2D eigenvalue weighted by molar-refractivity contribution is 5.98. The number of piperidine rings is 1. The number of rotatable bonds is 5. The van der Waals surface area contributed by atoms with Crippen molar-refractivity contribution < 1.29 is 14.3 Å². The molecule has 3 aliphatic rings. The molecule has 4 rings (SSSR count). The van der Waals surface area contributed by atoms with Crippen LogP contribution in [0.1, 0.15) is 43.2 Å². The van der Waals surface area contributed by atoms with Crippen molar-refractivity contribution in [1.29, 1.82) is 0 Å². The van der Waals surface area contributed by atoms with Crippen LogP contribution < -0.4 is 0 Å². The van der Waals surface area contributed by atoms with Gasteiger partial charge in [0.15, 0.2) is 6.10 Å². The highest BCUT2D eigenvalue weighted by atomic mass is 16.5. The number of terminal acetylenes is 1. The van der Waals surface area contributed by atoms with Crippen molar-refractivity contribution in [2.75, 3.05) is 13.1 Å². The summed E-state index contributed by atoms with van der Waals surface area (Å²) < 4.78 is 12.1. The minimum atomic E-state index is -0.459. The SMILES string of the molecule is C#C/C=C\C=C/CCCC1OC(N2CCC3(CC2)OCc2ccccc23)=NC1=O. The van der Waals surface area contributed by atoms with Crippen molar-refractivity contribution in [2.45, 2.75) is 50.4 Å². The molecule has 0 aliphatic carbocycles. The number of hydrogen-bond acceptors (Lipinski definition) is 4. The molecular formula is C24H26N2O3. The predicted octanol–water partition coefficient (Wildman–Crippen LogP) is 3.71. The Bertz CT molecular complexity index is 886. The summed E-state index contributed by atoms with van der Waals surface area (Å²) in [6.45, 7) is 2.23. The van der Waals surface area contributed by atoms with Gasteiger partial charge in [0.25, 0.3) is 11.9 Å². The van der Waals surface area contributed by atoms with E-state index in [1.807, 2.05) is 18.2 Å². The maximum Gasteiger partial charge on any atom is 0.296 e. The second kappa shape index (κ2) is 8.67. The van der Waals surface area contributed by atoms with Crippen LogP contribution in [-0.4, -0.2) is 36.0 Å². The molecule has 0 bridgehead atoms. The largest absolute Gasteiger partial charge is 0.451 e. The summed E-state index contributed by atoms with van der Waals surface area (Å²) in [6, 6.07) is 8.94. The quantitative estimate of drug-likeness (QED) is 0.437. The minimum Gasteiger partial charge on any atom is -0.451 e. The number of amides is 1. The molecule has 0 radical (unpaired) electrons. The van der Waals surface area contributed by atoms with E-state index in [2.05, 4.69) is 40.1 Å². The Hall–Kier alpha value is -2.84. The van der Waals surface area contributed by atoms with Gasteiger partial charge in [-0.15, -0.1) is 6.42 Å². The number of nitrogens with zero attached hydrogens (tertiary/aromatic N) is 2. The summed E-state index contributed by atoms with van der Waals surface area (Å²) in [5.74, 6) is 2.27. The van der Waals surface area contributed by atoms with Crippen molar-refractivity contribution in [3.63, 3.8) is 0 Å². The number of aliphatic imine (C=N–C) groups is 1. The number of unbranched alkanes of at least 4 members (excludes halogenated alkanes) is 1. The highest BCUT2D eigenvalue weighted by Gasteiger charge is 2.44. The zero-order chi connectivity index (χ0) is 20.1. The molecule has 1 aromatic rings. The van der Waals surface area contributed by atoms with Gasteiger partial charge in [-0.2, -0.15) is 4.99 Å². The molecule has 29 heavy (non-hydrogen) atoms. The summed E-state index contributed by atoms with van der Waals surface area (Å²) in [6.07, 6.45) is 16.3. The number of amidine groups is 1. The topological polar surface area (TPSA) is 51.1 Å². The van der Waals surface area contributed by atoms with Gasteiger partial charge in [-0.1, -0.05) is 48.4 Å². The Morgan fingerprint density at radius 1 is 1.28 bits per heavy atom. The number of likely N-dealkylation sites (tertiary alicyclic amines) is 1. The van der Waals surface area contributed by atoms with Crippen molar-refractivity contribution in [3.05, 3.63) is 59.7 Å². The average Bonchev–Trinajstić information content (AvgIpc) is 3.29. The molecule has 1 saturated heterocycles. The molecule has 1 unspecified atom stereocenters. The fourth-order valence-corrected chi connectivity index (χ4v) is 4.26. The van der Waals surface area contributed by atoms with Crippen LogP contribution in [-0.2, 0) is 26.5 Å². The van der Waals surface area contributed by atoms with Crippen LogP contribution >= 0.6 is 0 Å². The maximum atomic E-state index is 12.2. The lowest BCUT2D eigenvalue weighted by atomic mass is 9.84. The molecule has 0 aromatic heterocycles. The van der Waals surface area contributed by atoms with Crippen LogP contribution in [0.15, 0.2) is 53.6 Å². The zero-order valence-corrected chi connectivity index (χ0v) is 16.5. The summed E-state index contributed by atoms with van der Waals surface area (Å²) in [5, 5.41) is 0. The van der Waals surface area contributed by atoms with Crippen LogP contribution in [0.5, 0.6) is 0 Å². The zero-order valence-electron chi connectivity index (χ0n) is 16.5. The Balaban J connectivity index is 1.27. The van der Waals surface area contributed by atoms with E-state index < -0.39 is 6.10 Å². The number of benzene rings is 1. The number of carbonyl (C=O) groups is 1. The van der Waals surface area contributed by atoms with Crippen molar-refractivity contribution in [3.8, 4) is 12.3 Å². The van der Waals surface area contributed by atoms with E-state index in [0.717, 1.165) is 38.8 Å². The van der Waals surface area contributed by atoms with Crippen molar-refractivity contribution in [1.82, 2.24) is 4.90 Å². The molecule has 3 heterocycles. The fraction of sp³-hybridized carbons (Fsp3) is 0.417. The lowest BCUT2D eigenvalue weighted by Gasteiger charge is -2.39. The van der Waals surface area contributed by atoms with Crippen LogP contribution in [0, 0.1) is 12.3 Å².